The minimum atomic E-state index is -7.33. The molecule has 16 heteroatoms. The van der Waals surface area contributed by atoms with Crippen LogP contribution in [-0.4, -0.2) is 63.0 Å². The fraction of sp³-hybridized carbons (Fsp3) is 1.00. The van der Waals surface area contributed by atoms with E-state index in [2.05, 4.69) is 5.22 Å². The lowest BCUT2D eigenvalue weighted by Crippen LogP contribution is -2.62. The van der Waals surface area contributed by atoms with E-state index in [4.69, 9.17) is 4.74 Å². The van der Waals surface area contributed by atoms with Gasteiger partial charge in [-0.15, -0.1) is 0 Å². The third-order valence-corrected chi connectivity index (χ3v) is 3.89. The molecule has 0 aromatic rings. The first-order valence-corrected chi connectivity index (χ1v) is 7.22. The van der Waals surface area contributed by atoms with E-state index >= 15 is 0 Å². The van der Waals surface area contributed by atoms with Crippen LogP contribution in [0.15, 0.2) is 9.74 Å². The van der Waals surface area contributed by atoms with Crippen LogP contribution < -0.4 is 0 Å². The van der Waals surface area contributed by atoms with E-state index in [1.54, 1.807) is 0 Å². The summed E-state index contributed by atoms with van der Waals surface area (Å²) in [7, 11) is -6.85. The molecular formula is C8H8F9N3O3S. The van der Waals surface area contributed by atoms with Crippen molar-refractivity contribution in [3.8, 4) is 0 Å². The first kappa shape index (κ1) is 20.7. The van der Waals surface area contributed by atoms with Gasteiger partial charge in [0.25, 0.3) is 0 Å². The number of nitrogens with zero attached hydrogens (tertiary/aromatic N) is 3. The van der Waals surface area contributed by atoms with Crippen LogP contribution in [0.4, 0.5) is 39.5 Å². The Kier molecular flexibility index (Phi) is 5.35. The number of rotatable bonds is 5. The molecule has 0 radical (unpaired) electrons. The van der Waals surface area contributed by atoms with E-state index in [0.717, 1.165) is 0 Å². The van der Waals surface area contributed by atoms with Crippen molar-refractivity contribution in [3.05, 3.63) is 0 Å². The molecule has 1 aliphatic heterocycles. The predicted octanol–water partition coefficient (Wildman–Crippen LogP) is 2.44. The topological polar surface area (TPSA) is 71.3 Å². The maximum Gasteiger partial charge on any atom is 0.460 e. The standard InChI is InChI=1S/C8H8F9N3O3S/c9-5(10,7(13,14)15)6(11,12)8(16,17)24(21,22)19-18-20-1-3-23-4-2-20/h1-4H2/b19-18+. The Morgan fingerprint density at radius 1 is 0.833 bits per heavy atom. The van der Waals surface area contributed by atoms with Gasteiger partial charge >= 0.3 is 33.3 Å². The summed E-state index contributed by atoms with van der Waals surface area (Å²) in [5.41, 5.74) is 0. The summed E-state index contributed by atoms with van der Waals surface area (Å²) in [5, 5.41) is -3.57. The highest BCUT2D eigenvalue weighted by Gasteiger charge is 2.85. The molecule has 0 atom stereocenters. The van der Waals surface area contributed by atoms with Crippen molar-refractivity contribution >= 4 is 10.0 Å². The minimum Gasteiger partial charge on any atom is -0.378 e. The molecule has 0 unspecified atom stereocenters. The van der Waals surface area contributed by atoms with Crippen LogP contribution in [0, 0.1) is 0 Å². The van der Waals surface area contributed by atoms with Gasteiger partial charge in [-0.2, -0.15) is 47.9 Å². The van der Waals surface area contributed by atoms with Crippen LogP contribution >= 0.6 is 0 Å². The number of morpholine rings is 1. The predicted molar refractivity (Wildman–Crippen MR) is 57.1 cm³/mol. The van der Waals surface area contributed by atoms with Gasteiger partial charge in [-0.3, -0.25) is 5.01 Å². The summed E-state index contributed by atoms with van der Waals surface area (Å²) >= 11 is 0. The van der Waals surface area contributed by atoms with Crippen LogP contribution in [0.25, 0.3) is 0 Å². The van der Waals surface area contributed by atoms with Gasteiger partial charge < -0.3 is 4.74 Å². The minimum absolute atomic E-state index is 0.0578. The number of sulfonamides is 1. The van der Waals surface area contributed by atoms with E-state index in [0.29, 0.717) is 5.01 Å². The molecule has 0 N–H and O–H groups in total. The molecule has 0 bridgehead atoms. The summed E-state index contributed by atoms with van der Waals surface area (Å²) < 4.78 is 142. The SMILES string of the molecule is O=S(=O)(/N=N/N1CCOCC1)C(F)(F)C(F)(F)C(F)(F)C(F)(F)F. The van der Waals surface area contributed by atoms with Gasteiger partial charge in [0.1, 0.15) is 0 Å². The highest BCUT2D eigenvalue weighted by Crippen LogP contribution is 2.54. The first-order valence-electron chi connectivity index (χ1n) is 5.78. The van der Waals surface area contributed by atoms with Gasteiger partial charge in [0, 0.05) is 0 Å². The largest absolute Gasteiger partial charge is 0.460 e. The van der Waals surface area contributed by atoms with Crippen molar-refractivity contribution in [2.45, 2.75) is 23.3 Å². The number of halogens is 9. The molecule has 1 aliphatic rings. The molecule has 0 amide bonds. The van der Waals surface area contributed by atoms with Crippen molar-refractivity contribution in [1.29, 1.82) is 0 Å². The lowest BCUT2D eigenvalue weighted by molar-refractivity contribution is -0.382. The zero-order valence-corrected chi connectivity index (χ0v) is 12.0. The maximum atomic E-state index is 13.2. The molecule has 24 heavy (non-hydrogen) atoms. The molecule has 0 saturated carbocycles. The molecule has 0 aromatic carbocycles. The Hall–Kier alpha value is -1.32. The smallest absolute Gasteiger partial charge is 0.378 e. The number of hydrogen-bond acceptors (Lipinski definition) is 4. The van der Waals surface area contributed by atoms with Crippen molar-refractivity contribution in [1.82, 2.24) is 5.01 Å². The molecule has 6 nitrogen and oxygen atoms in total. The number of hydrogen-bond donors (Lipinski definition) is 0. The van der Waals surface area contributed by atoms with E-state index in [9.17, 15) is 47.9 Å². The molecule has 1 saturated heterocycles. The van der Waals surface area contributed by atoms with E-state index in [1.165, 1.54) is 0 Å². The second-order valence-corrected chi connectivity index (χ2v) is 6.00. The molecule has 0 aromatic heterocycles. The normalized spacial score (nSPS) is 19.1. The molecular weight excluding hydrogens is 389 g/mol. The molecule has 1 rings (SSSR count). The third kappa shape index (κ3) is 3.38. The van der Waals surface area contributed by atoms with Crippen molar-refractivity contribution in [2.24, 2.45) is 9.74 Å². The van der Waals surface area contributed by atoms with E-state index in [1.807, 2.05) is 4.52 Å². The molecule has 0 aliphatic carbocycles. The average molecular weight is 397 g/mol. The van der Waals surface area contributed by atoms with Crippen molar-refractivity contribution in [2.75, 3.05) is 26.3 Å². The van der Waals surface area contributed by atoms with E-state index in [-0.39, 0.29) is 26.3 Å². The Labute approximate surface area is 128 Å². The summed E-state index contributed by atoms with van der Waals surface area (Å²) in [6.07, 6.45) is -7.13. The average Bonchev–Trinajstić information content (AvgIpc) is 2.44. The van der Waals surface area contributed by atoms with Gasteiger partial charge in [0.05, 0.1) is 26.3 Å². The number of ether oxygens (including phenoxy) is 1. The third-order valence-electron chi connectivity index (χ3n) is 2.70. The van der Waals surface area contributed by atoms with Crippen LogP contribution in [-0.2, 0) is 14.8 Å². The Morgan fingerprint density at radius 3 is 1.71 bits per heavy atom. The van der Waals surface area contributed by atoms with Crippen LogP contribution in [0.5, 0.6) is 0 Å². The van der Waals surface area contributed by atoms with Gasteiger partial charge in [-0.25, -0.2) is 0 Å². The second kappa shape index (κ2) is 6.20. The molecule has 142 valence electrons. The zero-order valence-electron chi connectivity index (χ0n) is 11.2. The molecule has 1 fully saturated rings. The summed E-state index contributed by atoms with van der Waals surface area (Å²) in [4.78, 5) is 0. The van der Waals surface area contributed by atoms with Crippen LogP contribution in [0.2, 0.25) is 0 Å². The monoisotopic (exact) mass is 397 g/mol. The van der Waals surface area contributed by atoms with E-state index < -0.39 is 33.3 Å². The van der Waals surface area contributed by atoms with Gasteiger partial charge in [-0.1, -0.05) is 5.22 Å². The highest BCUT2D eigenvalue weighted by atomic mass is 32.2. The summed E-state index contributed by atoms with van der Waals surface area (Å²) in [6, 6.07) is 0. The quantitative estimate of drug-likeness (QED) is 0.528. The Balaban J connectivity index is 3.17. The zero-order chi connectivity index (χ0) is 19.0. The summed E-state index contributed by atoms with van der Waals surface area (Å²) in [5.74, 6) is -14.6. The first-order chi connectivity index (χ1) is 10.6. The van der Waals surface area contributed by atoms with Crippen molar-refractivity contribution < 1.29 is 52.7 Å². The van der Waals surface area contributed by atoms with Gasteiger partial charge in [0.15, 0.2) is 0 Å². The summed E-state index contributed by atoms with van der Waals surface area (Å²) in [6.45, 7) is -0.505. The van der Waals surface area contributed by atoms with Crippen molar-refractivity contribution in [3.63, 3.8) is 0 Å². The second-order valence-electron chi connectivity index (χ2n) is 4.38. The van der Waals surface area contributed by atoms with Gasteiger partial charge in [0.2, 0.25) is 0 Å². The lowest BCUT2D eigenvalue weighted by Gasteiger charge is -2.31. The lowest BCUT2D eigenvalue weighted by atomic mass is 10.1. The number of alkyl halides is 9. The highest BCUT2D eigenvalue weighted by molar-refractivity contribution is 7.91. The fourth-order valence-corrected chi connectivity index (χ4v) is 2.07. The van der Waals surface area contributed by atoms with Gasteiger partial charge in [-0.05, 0) is 4.52 Å². The Bertz CT molecular complexity index is 583. The maximum absolute atomic E-state index is 13.2. The Morgan fingerprint density at radius 2 is 1.29 bits per heavy atom. The molecule has 1 heterocycles. The van der Waals surface area contributed by atoms with Crippen LogP contribution in [0.1, 0.15) is 0 Å². The van der Waals surface area contributed by atoms with Crippen LogP contribution in [0.3, 0.4) is 0 Å². The fourth-order valence-electron chi connectivity index (χ4n) is 1.32. The molecule has 0 spiro atoms.